The Bertz CT molecular complexity index is 346. The summed E-state index contributed by atoms with van der Waals surface area (Å²) in [6.07, 6.45) is 7.24. The molecule has 0 aromatic carbocycles. The van der Waals surface area contributed by atoms with Crippen molar-refractivity contribution in [2.75, 3.05) is 19.6 Å². The normalized spacial score (nSPS) is 22.2. The third kappa shape index (κ3) is 4.60. The van der Waals surface area contributed by atoms with E-state index < -0.39 is 5.60 Å². The monoisotopic (exact) mass is 296 g/mol. The molecule has 1 aliphatic heterocycles. The molecule has 0 aromatic heterocycles. The Hall–Kier alpha value is -0.770. The molecule has 0 radical (unpaired) electrons. The lowest BCUT2D eigenvalue weighted by molar-refractivity contribution is -0.0161. The summed E-state index contributed by atoms with van der Waals surface area (Å²) in [6.45, 7) is 10.9. The number of rotatable bonds is 4. The second kappa shape index (κ2) is 6.55. The maximum Gasteiger partial charge on any atom is 0.410 e. The van der Waals surface area contributed by atoms with Gasteiger partial charge in [-0.05, 0) is 64.8 Å². The molecule has 1 saturated carbocycles. The lowest BCUT2D eigenvalue weighted by Crippen LogP contribution is -2.55. The van der Waals surface area contributed by atoms with E-state index in [0.29, 0.717) is 11.5 Å². The van der Waals surface area contributed by atoms with Crippen molar-refractivity contribution < 1.29 is 9.53 Å². The highest BCUT2D eigenvalue weighted by atomic mass is 16.6. The van der Waals surface area contributed by atoms with Crippen LogP contribution >= 0.6 is 0 Å². The molecule has 0 unspecified atom stereocenters. The molecule has 2 rings (SSSR count). The molecule has 0 bridgehead atoms. The standard InChI is InChI=1S/C17H32N2O2/c1-5-6-9-18-14-12-17(13-14)7-10-19(11-8-17)15(20)21-16(2,3)4/h14,18H,5-13H2,1-4H3. The Kier molecular flexibility index (Phi) is 5.18. The molecule has 0 aromatic rings. The second-order valence-corrected chi connectivity index (χ2v) is 7.88. The van der Waals surface area contributed by atoms with Gasteiger partial charge in [0.15, 0.2) is 0 Å². The van der Waals surface area contributed by atoms with E-state index in [-0.39, 0.29) is 6.09 Å². The van der Waals surface area contributed by atoms with Gasteiger partial charge in [0.1, 0.15) is 5.60 Å². The van der Waals surface area contributed by atoms with Crippen LogP contribution in [0.3, 0.4) is 0 Å². The third-order valence-electron chi connectivity index (χ3n) is 4.80. The van der Waals surface area contributed by atoms with Gasteiger partial charge in [0, 0.05) is 19.1 Å². The molecule has 1 aliphatic carbocycles. The Morgan fingerprint density at radius 2 is 1.90 bits per heavy atom. The number of unbranched alkanes of at least 4 members (excludes halogenated alkanes) is 1. The van der Waals surface area contributed by atoms with Crippen molar-refractivity contribution in [1.29, 1.82) is 0 Å². The number of hydrogen-bond donors (Lipinski definition) is 1. The highest BCUT2D eigenvalue weighted by Gasteiger charge is 2.46. The molecule has 1 spiro atoms. The lowest BCUT2D eigenvalue weighted by atomic mass is 9.60. The Morgan fingerprint density at radius 1 is 1.29 bits per heavy atom. The average molecular weight is 296 g/mol. The minimum atomic E-state index is -0.392. The smallest absolute Gasteiger partial charge is 0.410 e. The van der Waals surface area contributed by atoms with Gasteiger partial charge < -0.3 is 15.0 Å². The predicted molar refractivity (Wildman–Crippen MR) is 85.4 cm³/mol. The van der Waals surface area contributed by atoms with E-state index >= 15 is 0 Å². The largest absolute Gasteiger partial charge is 0.444 e. The summed E-state index contributed by atoms with van der Waals surface area (Å²) in [4.78, 5) is 13.9. The molecule has 4 heteroatoms. The maximum absolute atomic E-state index is 12.1. The first-order valence-corrected chi connectivity index (χ1v) is 8.55. The molecule has 1 N–H and O–H groups in total. The van der Waals surface area contributed by atoms with E-state index in [4.69, 9.17) is 4.74 Å². The van der Waals surface area contributed by atoms with Gasteiger partial charge in [0.05, 0.1) is 0 Å². The number of nitrogens with zero attached hydrogens (tertiary/aromatic N) is 1. The van der Waals surface area contributed by atoms with Crippen molar-refractivity contribution in [2.24, 2.45) is 5.41 Å². The van der Waals surface area contributed by atoms with Crippen molar-refractivity contribution in [1.82, 2.24) is 10.2 Å². The van der Waals surface area contributed by atoms with E-state index in [1.54, 1.807) is 0 Å². The Labute approximate surface area is 129 Å². The van der Waals surface area contributed by atoms with Crippen molar-refractivity contribution in [3.8, 4) is 0 Å². The number of amides is 1. The van der Waals surface area contributed by atoms with Crippen LogP contribution < -0.4 is 5.32 Å². The van der Waals surface area contributed by atoms with Crippen LogP contribution in [0, 0.1) is 5.41 Å². The summed E-state index contributed by atoms with van der Waals surface area (Å²) in [6, 6.07) is 0.713. The fourth-order valence-electron chi connectivity index (χ4n) is 3.51. The fourth-order valence-corrected chi connectivity index (χ4v) is 3.51. The lowest BCUT2D eigenvalue weighted by Gasteiger charge is -2.52. The summed E-state index contributed by atoms with van der Waals surface area (Å²) in [5.41, 5.74) is 0.110. The molecule has 1 heterocycles. The van der Waals surface area contributed by atoms with Crippen LogP contribution in [0.4, 0.5) is 4.79 Å². The van der Waals surface area contributed by atoms with Crippen molar-refractivity contribution in [3.05, 3.63) is 0 Å². The van der Waals surface area contributed by atoms with Crippen molar-refractivity contribution >= 4 is 6.09 Å². The van der Waals surface area contributed by atoms with Crippen LogP contribution in [0.5, 0.6) is 0 Å². The van der Waals surface area contributed by atoms with Crippen LogP contribution in [-0.2, 0) is 4.74 Å². The highest BCUT2D eigenvalue weighted by molar-refractivity contribution is 5.68. The molecular weight excluding hydrogens is 264 g/mol. The summed E-state index contributed by atoms with van der Waals surface area (Å²) in [5.74, 6) is 0. The van der Waals surface area contributed by atoms with Gasteiger partial charge in [-0.2, -0.15) is 0 Å². The number of piperidine rings is 1. The van der Waals surface area contributed by atoms with Crippen molar-refractivity contribution in [2.45, 2.75) is 77.9 Å². The van der Waals surface area contributed by atoms with Gasteiger partial charge in [-0.25, -0.2) is 4.79 Å². The summed E-state index contributed by atoms with van der Waals surface area (Å²) >= 11 is 0. The van der Waals surface area contributed by atoms with Crippen LogP contribution in [0.25, 0.3) is 0 Å². The first-order valence-electron chi connectivity index (χ1n) is 8.55. The predicted octanol–water partition coefficient (Wildman–Crippen LogP) is 3.56. The van der Waals surface area contributed by atoms with Crippen LogP contribution in [0.2, 0.25) is 0 Å². The SMILES string of the molecule is CCCCNC1CC2(CCN(C(=O)OC(C)(C)C)CC2)C1. The zero-order valence-electron chi connectivity index (χ0n) is 14.2. The molecular formula is C17H32N2O2. The molecule has 4 nitrogen and oxygen atoms in total. The topological polar surface area (TPSA) is 41.6 Å². The molecule has 1 amide bonds. The van der Waals surface area contributed by atoms with Crippen molar-refractivity contribution in [3.63, 3.8) is 0 Å². The summed E-state index contributed by atoms with van der Waals surface area (Å²) in [7, 11) is 0. The Balaban J connectivity index is 1.69. The zero-order chi connectivity index (χ0) is 15.5. The van der Waals surface area contributed by atoms with Gasteiger partial charge >= 0.3 is 6.09 Å². The molecule has 122 valence electrons. The van der Waals surface area contributed by atoms with Crippen LogP contribution in [0.1, 0.15) is 66.2 Å². The number of ether oxygens (including phenoxy) is 1. The first-order chi connectivity index (χ1) is 9.84. The van der Waals surface area contributed by atoms with Gasteiger partial charge in [-0.15, -0.1) is 0 Å². The zero-order valence-corrected chi connectivity index (χ0v) is 14.2. The third-order valence-corrected chi connectivity index (χ3v) is 4.80. The van der Waals surface area contributed by atoms with Crippen LogP contribution in [0.15, 0.2) is 0 Å². The second-order valence-electron chi connectivity index (χ2n) is 7.88. The fraction of sp³-hybridized carbons (Fsp3) is 0.941. The van der Waals surface area contributed by atoms with Gasteiger partial charge in [0.25, 0.3) is 0 Å². The molecule has 1 saturated heterocycles. The van der Waals surface area contributed by atoms with Gasteiger partial charge in [0.2, 0.25) is 0 Å². The highest BCUT2D eigenvalue weighted by Crippen LogP contribution is 2.49. The van der Waals surface area contributed by atoms with Crippen LogP contribution in [-0.4, -0.2) is 42.3 Å². The quantitative estimate of drug-likeness (QED) is 0.807. The number of nitrogens with one attached hydrogen (secondary N) is 1. The minimum absolute atomic E-state index is 0.144. The molecule has 2 fully saturated rings. The van der Waals surface area contributed by atoms with E-state index in [1.807, 2.05) is 25.7 Å². The maximum atomic E-state index is 12.1. The van der Waals surface area contributed by atoms with E-state index in [9.17, 15) is 4.79 Å². The molecule has 0 atom stereocenters. The Morgan fingerprint density at radius 3 is 2.43 bits per heavy atom. The molecule has 21 heavy (non-hydrogen) atoms. The molecule has 2 aliphatic rings. The number of carbonyl (C=O) groups is 1. The number of carbonyl (C=O) groups excluding carboxylic acids is 1. The van der Waals surface area contributed by atoms with Gasteiger partial charge in [-0.3, -0.25) is 0 Å². The van der Waals surface area contributed by atoms with Gasteiger partial charge in [-0.1, -0.05) is 13.3 Å². The first kappa shape index (κ1) is 16.6. The van der Waals surface area contributed by atoms with E-state index in [0.717, 1.165) is 32.5 Å². The summed E-state index contributed by atoms with van der Waals surface area (Å²) < 4.78 is 5.46. The number of likely N-dealkylation sites (tertiary alicyclic amines) is 1. The number of hydrogen-bond acceptors (Lipinski definition) is 3. The summed E-state index contributed by atoms with van der Waals surface area (Å²) in [5, 5.41) is 3.65. The minimum Gasteiger partial charge on any atom is -0.444 e. The van der Waals surface area contributed by atoms with E-state index in [1.165, 1.54) is 25.7 Å². The average Bonchev–Trinajstić information content (AvgIpc) is 2.35. The van der Waals surface area contributed by atoms with E-state index in [2.05, 4.69) is 12.2 Å².